The van der Waals surface area contributed by atoms with Crippen molar-refractivity contribution in [3.05, 3.63) is 29.1 Å². The Morgan fingerprint density at radius 1 is 1.36 bits per heavy atom. The number of rotatable bonds is 6. The molecule has 2 aliphatic heterocycles. The molecule has 2 fully saturated rings. The number of fused-ring (bicyclic) bond motifs is 1. The molecule has 184 valence electrons. The van der Waals surface area contributed by atoms with Gasteiger partial charge in [-0.05, 0) is 37.3 Å². The van der Waals surface area contributed by atoms with Gasteiger partial charge >= 0.3 is 6.18 Å². The molecule has 1 saturated heterocycles. The smallest absolute Gasteiger partial charge is 0.395 e. The molecule has 4 rings (SSSR count). The van der Waals surface area contributed by atoms with E-state index in [1.54, 1.807) is 12.0 Å². The molecular formula is C23H32F3N3O4. The number of pyridine rings is 1. The molecular weight excluding hydrogens is 439 g/mol. The molecule has 1 saturated carbocycles. The van der Waals surface area contributed by atoms with E-state index in [9.17, 15) is 23.1 Å². The second-order valence-electron chi connectivity index (χ2n) is 9.17. The first-order chi connectivity index (χ1) is 15.8. The van der Waals surface area contributed by atoms with Gasteiger partial charge in [0.15, 0.2) is 0 Å². The Morgan fingerprint density at radius 2 is 2.18 bits per heavy atom. The first-order valence-corrected chi connectivity index (χ1v) is 11.6. The first kappa shape index (κ1) is 24.4. The molecule has 4 atom stereocenters. The molecule has 0 bridgehead atoms. The monoisotopic (exact) mass is 471 g/mol. The molecule has 1 aromatic heterocycles. The summed E-state index contributed by atoms with van der Waals surface area (Å²) >= 11 is 0. The number of ether oxygens (including phenoxy) is 2. The highest BCUT2D eigenvalue weighted by Gasteiger charge is 2.41. The van der Waals surface area contributed by atoms with Gasteiger partial charge in [0.05, 0.1) is 24.9 Å². The number of aliphatic hydroxyl groups is 1. The fourth-order valence-electron chi connectivity index (χ4n) is 5.55. The number of halogens is 3. The highest BCUT2D eigenvalue weighted by atomic mass is 19.4. The van der Waals surface area contributed by atoms with Gasteiger partial charge in [-0.2, -0.15) is 13.2 Å². The van der Waals surface area contributed by atoms with Crippen LogP contribution < -0.4 is 0 Å². The molecule has 3 aliphatic rings. The summed E-state index contributed by atoms with van der Waals surface area (Å²) in [6, 6.07) is 1.41. The van der Waals surface area contributed by atoms with Crippen LogP contribution in [-0.2, 0) is 33.4 Å². The fraction of sp³-hybridized carbons (Fsp3) is 0.739. The zero-order valence-corrected chi connectivity index (χ0v) is 18.9. The van der Waals surface area contributed by atoms with Gasteiger partial charge in [-0.25, -0.2) is 0 Å². The molecule has 1 amide bonds. The van der Waals surface area contributed by atoms with Crippen LogP contribution in [-0.4, -0.2) is 84.0 Å². The number of carbonyl (C=O) groups excluding carboxylic acids is 1. The van der Waals surface area contributed by atoms with E-state index in [1.807, 2.05) is 0 Å². The van der Waals surface area contributed by atoms with Gasteiger partial charge in [-0.3, -0.25) is 14.7 Å². The van der Waals surface area contributed by atoms with Gasteiger partial charge in [0.25, 0.3) is 0 Å². The van der Waals surface area contributed by atoms with E-state index in [0.29, 0.717) is 50.4 Å². The van der Waals surface area contributed by atoms with Gasteiger partial charge in [0, 0.05) is 69.7 Å². The van der Waals surface area contributed by atoms with Gasteiger partial charge in [0.1, 0.15) is 0 Å². The van der Waals surface area contributed by atoms with Crippen molar-refractivity contribution >= 4 is 5.91 Å². The quantitative estimate of drug-likeness (QED) is 0.686. The van der Waals surface area contributed by atoms with Crippen molar-refractivity contribution in [2.45, 2.75) is 63.0 Å². The van der Waals surface area contributed by atoms with Gasteiger partial charge in [0.2, 0.25) is 5.91 Å². The topological polar surface area (TPSA) is 75.1 Å². The van der Waals surface area contributed by atoms with Crippen molar-refractivity contribution in [3.8, 4) is 0 Å². The van der Waals surface area contributed by atoms with Crippen molar-refractivity contribution in [1.82, 2.24) is 14.8 Å². The minimum absolute atomic E-state index is 0.000204. The SMILES string of the molecule is COC1COCCC1N(CCO)C1CCC(C(=O)N2CCc3ncc(C(F)(F)F)cc3C2)C1. The number of hydrogen-bond donors (Lipinski definition) is 1. The summed E-state index contributed by atoms with van der Waals surface area (Å²) in [5.41, 5.74) is 0.335. The first-order valence-electron chi connectivity index (χ1n) is 11.6. The maximum absolute atomic E-state index is 13.3. The number of aromatic nitrogens is 1. The molecule has 0 aromatic carbocycles. The Hall–Kier alpha value is -1.75. The van der Waals surface area contributed by atoms with Crippen molar-refractivity contribution in [2.24, 2.45) is 5.92 Å². The van der Waals surface area contributed by atoms with Crippen LogP contribution >= 0.6 is 0 Å². The summed E-state index contributed by atoms with van der Waals surface area (Å²) in [5, 5.41) is 9.66. The van der Waals surface area contributed by atoms with Gasteiger partial charge in [-0.1, -0.05) is 0 Å². The molecule has 1 N–H and O–H groups in total. The van der Waals surface area contributed by atoms with Crippen LogP contribution in [0.5, 0.6) is 0 Å². The van der Waals surface area contributed by atoms with Gasteiger partial charge < -0.3 is 19.5 Å². The lowest BCUT2D eigenvalue weighted by Crippen LogP contribution is -2.54. The van der Waals surface area contributed by atoms with E-state index in [0.717, 1.165) is 31.5 Å². The van der Waals surface area contributed by atoms with Crippen molar-refractivity contribution in [3.63, 3.8) is 0 Å². The maximum atomic E-state index is 13.3. The van der Waals surface area contributed by atoms with E-state index in [-0.39, 0.29) is 43.2 Å². The maximum Gasteiger partial charge on any atom is 0.417 e. The third-order valence-electron chi connectivity index (χ3n) is 7.26. The van der Waals surface area contributed by atoms with Crippen molar-refractivity contribution < 1.29 is 32.5 Å². The van der Waals surface area contributed by atoms with Crippen LogP contribution in [0, 0.1) is 5.92 Å². The summed E-state index contributed by atoms with van der Waals surface area (Å²) in [7, 11) is 1.66. The number of carbonyl (C=O) groups is 1. The Kier molecular flexibility index (Phi) is 7.57. The fourth-order valence-corrected chi connectivity index (χ4v) is 5.55. The second-order valence-corrected chi connectivity index (χ2v) is 9.17. The van der Waals surface area contributed by atoms with E-state index < -0.39 is 11.7 Å². The number of methoxy groups -OCH3 is 1. The Bertz CT molecular complexity index is 838. The van der Waals surface area contributed by atoms with E-state index in [2.05, 4.69) is 9.88 Å². The van der Waals surface area contributed by atoms with E-state index >= 15 is 0 Å². The zero-order valence-electron chi connectivity index (χ0n) is 18.9. The predicted molar refractivity (Wildman–Crippen MR) is 113 cm³/mol. The number of aliphatic hydroxyl groups excluding tert-OH is 1. The van der Waals surface area contributed by atoms with Crippen LogP contribution in [0.1, 0.15) is 42.5 Å². The number of nitrogens with zero attached hydrogens (tertiary/aromatic N) is 3. The molecule has 1 aliphatic carbocycles. The number of amides is 1. The van der Waals surface area contributed by atoms with Gasteiger partial charge in [-0.15, -0.1) is 0 Å². The number of alkyl halides is 3. The summed E-state index contributed by atoms with van der Waals surface area (Å²) < 4.78 is 50.4. The molecule has 33 heavy (non-hydrogen) atoms. The lowest BCUT2D eigenvalue weighted by molar-refractivity contribution is -0.138. The second kappa shape index (κ2) is 10.2. The van der Waals surface area contributed by atoms with Crippen LogP contribution in [0.25, 0.3) is 0 Å². The normalized spacial score (nSPS) is 28.2. The van der Waals surface area contributed by atoms with E-state index in [1.165, 1.54) is 0 Å². The lowest BCUT2D eigenvalue weighted by Gasteiger charge is -2.42. The molecule has 10 heteroatoms. The molecule has 0 spiro atoms. The molecule has 1 aromatic rings. The highest BCUT2D eigenvalue weighted by Crippen LogP contribution is 2.35. The predicted octanol–water partition coefficient (Wildman–Crippen LogP) is 2.25. The number of hydrogen-bond acceptors (Lipinski definition) is 6. The highest BCUT2D eigenvalue weighted by molar-refractivity contribution is 5.79. The van der Waals surface area contributed by atoms with Crippen LogP contribution in [0.15, 0.2) is 12.3 Å². The zero-order chi connectivity index (χ0) is 23.6. The average molecular weight is 472 g/mol. The van der Waals surface area contributed by atoms with Crippen molar-refractivity contribution in [2.75, 3.05) is 40.0 Å². The molecule has 4 unspecified atom stereocenters. The van der Waals surface area contributed by atoms with Crippen LogP contribution in [0.3, 0.4) is 0 Å². The Labute approximate surface area is 191 Å². The Balaban J connectivity index is 1.42. The molecule has 0 radical (unpaired) electrons. The van der Waals surface area contributed by atoms with Crippen LogP contribution in [0.4, 0.5) is 13.2 Å². The lowest BCUT2D eigenvalue weighted by atomic mass is 9.98. The van der Waals surface area contributed by atoms with Crippen LogP contribution in [0.2, 0.25) is 0 Å². The summed E-state index contributed by atoms with van der Waals surface area (Å²) in [4.78, 5) is 21.2. The minimum atomic E-state index is -4.45. The van der Waals surface area contributed by atoms with Crippen molar-refractivity contribution in [1.29, 1.82) is 0 Å². The Morgan fingerprint density at radius 3 is 2.91 bits per heavy atom. The third kappa shape index (κ3) is 5.34. The summed E-state index contributed by atoms with van der Waals surface area (Å²) in [6.07, 6.45) is -0.130. The summed E-state index contributed by atoms with van der Waals surface area (Å²) in [6.45, 7) is 2.33. The van der Waals surface area contributed by atoms with E-state index in [4.69, 9.17) is 9.47 Å². The third-order valence-corrected chi connectivity index (χ3v) is 7.26. The molecule has 7 nitrogen and oxygen atoms in total. The average Bonchev–Trinajstić information content (AvgIpc) is 3.30. The standard InChI is InChI=1S/C23H32F3N3O4/c1-32-21-14-33-9-5-20(21)29(7-8-30)18-3-2-15(11-18)22(31)28-6-4-19-16(13-28)10-17(12-27-19)23(24,25)26/h10,12,15,18,20-21,30H,2-9,11,13-14H2,1H3. The summed E-state index contributed by atoms with van der Waals surface area (Å²) in [5.74, 6) is -0.169. The minimum Gasteiger partial charge on any atom is -0.395 e. The largest absolute Gasteiger partial charge is 0.417 e. The molecule has 3 heterocycles.